The van der Waals surface area contributed by atoms with Crippen LogP contribution in [0.25, 0.3) is 72.5 Å². The summed E-state index contributed by atoms with van der Waals surface area (Å²) in [6.07, 6.45) is 8.80. The second kappa shape index (κ2) is 21.6. The summed E-state index contributed by atoms with van der Waals surface area (Å²) >= 11 is 3.07. The molecule has 358 valence electrons. The van der Waals surface area contributed by atoms with Crippen molar-refractivity contribution in [1.29, 1.82) is 5.26 Å². The highest BCUT2D eigenvalue weighted by Crippen LogP contribution is 2.41. The van der Waals surface area contributed by atoms with E-state index >= 15 is 0 Å². The molecule has 0 amide bonds. The van der Waals surface area contributed by atoms with E-state index in [0.29, 0.717) is 27.2 Å². The van der Waals surface area contributed by atoms with E-state index in [-0.39, 0.29) is 5.57 Å². The molecule has 0 saturated heterocycles. The third-order valence-corrected chi connectivity index (χ3v) is 14.8. The molecule has 72 heavy (non-hydrogen) atoms. The third kappa shape index (κ3) is 10.6. The number of fused-ring (bicyclic) bond motifs is 2. The smallest absolute Gasteiger partial charge is 0.346 e. The lowest BCUT2D eigenvalue weighted by atomic mass is 10.1. The third-order valence-electron chi connectivity index (χ3n) is 12.5. The predicted octanol–water partition coefficient (Wildman–Crippen LogP) is 14.9. The van der Waals surface area contributed by atoms with Gasteiger partial charge in [-0.3, -0.25) is 0 Å². The normalized spacial score (nSPS) is 11.7. The molecule has 0 atom stereocenters. The molecular weight excluding hydrogens is 937 g/mol. The van der Waals surface area contributed by atoms with Gasteiger partial charge in [0.15, 0.2) is 0 Å². The van der Waals surface area contributed by atoms with Crippen LogP contribution in [-0.4, -0.2) is 37.3 Å². The molecule has 0 aliphatic heterocycles. The van der Waals surface area contributed by atoms with E-state index in [1.165, 1.54) is 17.4 Å². The first-order valence-electron chi connectivity index (χ1n) is 23.7. The number of nitrogens with zero attached hydrogens (tertiary/aromatic N) is 4. The van der Waals surface area contributed by atoms with Gasteiger partial charge in [-0.2, -0.15) is 5.26 Å². The minimum Gasteiger partial charge on any atom is -0.477 e. The maximum Gasteiger partial charge on any atom is 0.346 e. The van der Waals surface area contributed by atoms with Gasteiger partial charge in [0.1, 0.15) is 22.8 Å². The molecule has 0 bridgehead atoms. The fourth-order valence-corrected chi connectivity index (χ4v) is 10.6. The van der Waals surface area contributed by atoms with Gasteiger partial charge in [-0.05, 0) is 160 Å². The van der Waals surface area contributed by atoms with Crippen molar-refractivity contribution in [2.45, 2.75) is 27.7 Å². The van der Waals surface area contributed by atoms with Crippen LogP contribution in [0, 0.1) is 11.3 Å². The first kappa shape index (κ1) is 48.5. The van der Waals surface area contributed by atoms with Crippen LogP contribution in [-0.2, 0) is 4.79 Å². The molecule has 0 aliphatic rings. The summed E-state index contributed by atoms with van der Waals surface area (Å²) in [6, 6.07) is 50.0. The van der Waals surface area contributed by atoms with Gasteiger partial charge in [0.2, 0.25) is 0 Å². The van der Waals surface area contributed by atoms with E-state index in [1.54, 1.807) is 29.6 Å². The largest absolute Gasteiger partial charge is 0.477 e. The number of aliphatic carboxylic acids is 1. The second-order valence-electron chi connectivity index (χ2n) is 16.8. The number of carboxylic acid groups (broad SMARTS) is 1. The molecule has 4 aromatic heterocycles. The number of nitriles is 1. The monoisotopic (exact) mass is 986 g/mol. The summed E-state index contributed by atoms with van der Waals surface area (Å²) in [4.78, 5) is 48.0. The van der Waals surface area contributed by atoms with Crippen LogP contribution in [0.2, 0.25) is 0 Å². The van der Waals surface area contributed by atoms with Gasteiger partial charge in [-0.25, -0.2) is 14.4 Å². The fraction of sp³-hybridized carbons (Fsp3) is 0.133. The predicted molar refractivity (Wildman–Crippen MR) is 299 cm³/mol. The van der Waals surface area contributed by atoms with Gasteiger partial charge >= 0.3 is 17.2 Å². The number of rotatable bonds is 17. The van der Waals surface area contributed by atoms with Crippen LogP contribution in [0.5, 0.6) is 0 Å². The Morgan fingerprint density at radius 2 is 0.972 bits per heavy atom. The fourth-order valence-electron chi connectivity index (χ4n) is 8.57. The standard InChI is InChI=1S/C60H50N4O6S2/c1-5-62(6-2)50-27-19-42-33-44(59(67)69-53(42)36-50)15-9-39-11-21-47(22-12-39)64(49-25-17-41(18-26-49)55-31-32-57(72-55)56-30-29-52(71-56)35-46(38-61)58(65)66)48-23-13-40(14-24-48)10-16-45-34-43-20-28-51(63(7-3)8-4)37-54(43)70-60(45)68/h9-37H,5-8H2,1-4H3,(H,65,66)/b15-9+,16-10+,46-35+. The van der Waals surface area contributed by atoms with Gasteiger partial charge in [-0.15, -0.1) is 22.7 Å². The van der Waals surface area contributed by atoms with E-state index in [9.17, 15) is 24.8 Å². The van der Waals surface area contributed by atoms with E-state index in [1.807, 2.05) is 84.9 Å². The van der Waals surface area contributed by atoms with Crippen molar-refractivity contribution >= 4 is 109 Å². The second-order valence-corrected chi connectivity index (χ2v) is 19.0. The van der Waals surface area contributed by atoms with Crippen LogP contribution >= 0.6 is 22.7 Å². The summed E-state index contributed by atoms with van der Waals surface area (Å²) in [5.74, 6) is -1.25. The SMILES string of the molecule is CCN(CC)c1ccc2cc(/C=C/c3ccc(N(c4ccc(/C=C/c5cc6ccc(N(CC)CC)cc6oc5=O)cc4)c4ccc(-c5ccc(-c6ccc(/C=C(\C#N)C(=O)O)s6)s5)cc4)cc3)c(=O)oc2c1. The van der Waals surface area contributed by atoms with Gasteiger partial charge < -0.3 is 28.6 Å². The van der Waals surface area contributed by atoms with Gasteiger partial charge in [-0.1, -0.05) is 48.6 Å². The van der Waals surface area contributed by atoms with Crippen molar-refractivity contribution < 1.29 is 18.7 Å². The Hall–Kier alpha value is -8.50. The Bertz CT molecular complexity index is 3520. The summed E-state index contributed by atoms with van der Waals surface area (Å²) < 4.78 is 11.6. The molecule has 0 fully saturated rings. The van der Waals surface area contributed by atoms with Crippen LogP contribution in [0.15, 0.2) is 170 Å². The van der Waals surface area contributed by atoms with Gasteiger partial charge in [0.25, 0.3) is 0 Å². The lowest BCUT2D eigenvalue weighted by Gasteiger charge is -2.26. The van der Waals surface area contributed by atoms with Crippen molar-refractivity contribution in [2.24, 2.45) is 0 Å². The summed E-state index contributed by atoms with van der Waals surface area (Å²) in [5, 5.41) is 20.2. The molecule has 9 aromatic rings. The zero-order valence-corrected chi connectivity index (χ0v) is 41.8. The molecule has 4 heterocycles. The molecule has 1 N–H and O–H groups in total. The van der Waals surface area contributed by atoms with Crippen molar-refractivity contribution in [3.8, 4) is 26.3 Å². The van der Waals surface area contributed by atoms with Crippen molar-refractivity contribution in [2.75, 3.05) is 40.9 Å². The Morgan fingerprint density at radius 3 is 1.43 bits per heavy atom. The van der Waals surface area contributed by atoms with E-state index in [2.05, 4.69) is 115 Å². The summed E-state index contributed by atoms with van der Waals surface area (Å²) in [6.45, 7) is 11.8. The van der Waals surface area contributed by atoms with Crippen molar-refractivity contribution in [3.63, 3.8) is 0 Å². The zero-order chi connectivity index (χ0) is 50.3. The van der Waals surface area contributed by atoms with Crippen LogP contribution < -0.4 is 26.0 Å². The average molecular weight is 987 g/mol. The Morgan fingerprint density at radius 1 is 0.542 bits per heavy atom. The molecule has 0 saturated carbocycles. The lowest BCUT2D eigenvalue weighted by molar-refractivity contribution is -0.132. The summed E-state index contributed by atoms with van der Waals surface area (Å²) in [5.41, 5.74) is 8.58. The number of benzene rings is 5. The average Bonchev–Trinajstić information content (AvgIpc) is 4.09. The molecule has 12 heteroatoms. The molecule has 0 spiro atoms. The maximum absolute atomic E-state index is 13.1. The maximum atomic E-state index is 13.1. The topological polar surface area (TPSA) is 131 Å². The van der Waals surface area contributed by atoms with Gasteiger partial charge in [0.05, 0.1) is 11.1 Å². The minimum atomic E-state index is -1.25. The summed E-state index contributed by atoms with van der Waals surface area (Å²) in [7, 11) is 0. The number of hydrogen-bond acceptors (Lipinski definition) is 11. The quantitative estimate of drug-likeness (QED) is 0.0534. The number of thiophene rings is 2. The Labute approximate surface area is 425 Å². The highest BCUT2D eigenvalue weighted by Gasteiger charge is 2.16. The molecule has 0 aliphatic carbocycles. The Kier molecular flexibility index (Phi) is 14.6. The van der Waals surface area contributed by atoms with Crippen LogP contribution in [0.4, 0.5) is 28.4 Å². The molecule has 0 radical (unpaired) electrons. The number of anilines is 5. The minimum absolute atomic E-state index is 0.306. The zero-order valence-electron chi connectivity index (χ0n) is 40.2. The lowest BCUT2D eigenvalue weighted by Crippen LogP contribution is -2.21. The van der Waals surface area contributed by atoms with E-state index in [0.717, 1.165) is 96.7 Å². The molecule has 0 unspecified atom stereocenters. The highest BCUT2D eigenvalue weighted by molar-refractivity contribution is 7.24. The van der Waals surface area contributed by atoms with Crippen LogP contribution in [0.3, 0.4) is 0 Å². The van der Waals surface area contributed by atoms with Crippen LogP contribution in [0.1, 0.15) is 54.8 Å². The number of carbonyl (C=O) groups is 1. The number of carboxylic acids is 1. The molecule has 10 nitrogen and oxygen atoms in total. The molecule has 9 rings (SSSR count). The van der Waals surface area contributed by atoms with Crippen molar-refractivity contribution in [1.82, 2.24) is 0 Å². The molecule has 5 aromatic carbocycles. The van der Waals surface area contributed by atoms with E-state index < -0.39 is 17.2 Å². The first-order valence-corrected chi connectivity index (χ1v) is 25.4. The number of hydrogen-bond donors (Lipinski definition) is 1. The first-order chi connectivity index (χ1) is 35.0. The highest BCUT2D eigenvalue weighted by atomic mass is 32.1. The van der Waals surface area contributed by atoms with Crippen molar-refractivity contribution in [3.05, 3.63) is 199 Å². The molecular formula is C60H50N4O6S2. The van der Waals surface area contributed by atoms with E-state index in [4.69, 9.17) is 8.83 Å². The van der Waals surface area contributed by atoms with Gasteiger partial charge in [0, 0.05) is 97.0 Å². The Balaban J connectivity index is 0.990.